The molecule has 9 nitrogen and oxygen atoms in total. The van der Waals surface area contributed by atoms with E-state index in [1.807, 2.05) is 43.0 Å². The molecular weight excluding hydrogens is 406 g/mol. The zero-order valence-corrected chi connectivity index (χ0v) is 18.3. The van der Waals surface area contributed by atoms with E-state index in [0.29, 0.717) is 18.1 Å². The fourth-order valence-electron chi connectivity index (χ4n) is 4.57. The number of nitrogens with two attached hydrogens (primary N) is 1. The third kappa shape index (κ3) is 3.43. The molecule has 0 radical (unpaired) electrons. The van der Waals surface area contributed by atoms with Gasteiger partial charge in [0.05, 0.1) is 11.4 Å². The van der Waals surface area contributed by atoms with E-state index < -0.39 is 0 Å². The minimum absolute atomic E-state index is 0.00265. The van der Waals surface area contributed by atoms with Gasteiger partial charge in [0.15, 0.2) is 11.6 Å². The molecule has 1 spiro atoms. The highest BCUT2D eigenvalue weighted by Crippen LogP contribution is 2.44. The first-order valence-corrected chi connectivity index (χ1v) is 10.9. The quantitative estimate of drug-likeness (QED) is 0.640. The maximum Gasteiger partial charge on any atom is 0.317 e. The molecule has 166 valence electrons. The lowest BCUT2D eigenvalue weighted by Gasteiger charge is -2.47. The zero-order valence-electron chi connectivity index (χ0n) is 18.3. The van der Waals surface area contributed by atoms with Gasteiger partial charge in [-0.15, -0.1) is 0 Å². The van der Waals surface area contributed by atoms with Gasteiger partial charge in [-0.3, -0.25) is 9.67 Å². The number of aryl methyl sites for hydroxylation is 1. The van der Waals surface area contributed by atoms with Crippen molar-refractivity contribution in [3.63, 3.8) is 0 Å². The predicted octanol–water partition coefficient (Wildman–Crippen LogP) is 2.75. The third-order valence-corrected chi connectivity index (χ3v) is 6.31. The molecule has 5 heterocycles. The Morgan fingerprint density at radius 2 is 2.16 bits per heavy atom. The number of carbonyl (C=O) groups is 1. The topological polar surface area (TPSA) is 111 Å². The molecule has 2 aliphatic rings. The van der Waals surface area contributed by atoms with E-state index in [1.54, 1.807) is 12.4 Å². The van der Waals surface area contributed by atoms with Crippen LogP contribution in [0.5, 0.6) is 5.75 Å². The molecule has 3 aromatic heterocycles. The van der Waals surface area contributed by atoms with Gasteiger partial charge in [-0.2, -0.15) is 5.10 Å². The Kier molecular flexibility index (Phi) is 4.96. The molecule has 1 fully saturated rings. The van der Waals surface area contributed by atoms with Crippen molar-refractivity contribution >= 4 is 11.8 Å². The summed E-state index contributed by atoms with van der Waals surface area (Å²) in [6.45, 7) is 6.79. The molecule has 9 heteroatoms. The van der Waals surface area contributed by atoms with Crippen molar-refractivity contribution in [2.45, 2.75) is 38.3 Å². The number of anilines is 1. The Labute approximate surface area is 186 Å². The average molecular weight is 434 g/mol. The molecule has 0 saturated carbocycles. The van der Waals surface area contributed by atoms with Crippen molar-refractivity contribution in [2.24, 2.45) is 0 Å². The number of likely N-dealkylation sites (tertiary alicyclic amines) is 1. The second-order valence-corrected chi connectivity index (χ2v) is 8.48. The number of nitrogens with zero attached hydrogens (tertiary/aromatic N) is 5. The smallest absolute Gasteiger partial charge is 0.317 e. The molecular formula is C23H27N7O2. The number of rotatable bonds is 5. The average Bonchev–Trinajstić information content (AvgIpc) is 3.34. The molecule has 0 aliphatic carbocycles. The summed E-state index contributed by atoms with van der Waals surface area (Å²) in [6.07, 6.45) is 4.20. The first-order valence-electron chi connectivity index (χ1n) is 10.9. The van der Waals surface area contributed by atoms with Crippen molar-refractivity contribution in [3.05, 3.63) is 54.1 Å². The highest BCUT2D eigenvalue weighted by molar-refractivity contribution is 5.76. The van der Waals surface area contributed by atoms with Crippen LogP contribution in [0.3, 0.4) is 0 Å². The van der Waals surface area contributed by atoms with E-state index in [2.05, 4.69) is 26.0 Å². The first kappa shape index (κ1) is 20.3. The van der Waals surface area contributed by atoms with Gasteiger partial charge in [0.1, 0.15) is 6.10 Å². The fraction of sp³-hybridized carbons (Fsp3) is 0.391. The van der Waals surface area contributed by atoms with Crippen LogP contribution >= 0.6 is 0 Å². The third-order valence-electron chi connectivity index (χ3n) is 6.31. The number of hydrogen-bond donors (Lipinski definition) is 2. The minimum Gasteiger partial charge on any atom is -0.481 e. The number of hydrogen-bond acceptors (Lipinski definition) is 6. The summed E-state index contributed by atoms with van der Waals surface area (Å²) >= 11 is 0. The lowest BCUT2D eigenvalue weighted by molar-refractivity contribution is 0.0925. The fourth-order valence-corrected chi connectivity index (χ4v) is 4.57. The summed E-state index contributed by atoms with van der Waals surface area (Å²) < 4.78 is 8.13. The van der Waals surface area contributed by atoms with E-state index in [4.69, 9.17) is 15.6 Å². The number of pyridine rings is 2. The van der Waals surface area contributed by atoms with E-state index in [-0.39, 0.29) is 17.6 Å². The normalized spacial score (nSPS) is 17.0. The largest absolute Gasteiger partial charge is 0.481 e. The van der Waals surface area contributed by atoms with Crippen LogP contribution < -0.4 is 15.8 Å². The molecule has 0 unspecified atom stereocenters. The Morgan fingerprint density at radius 3 is 2.91 bits per heavy atom. The second-order valence-electron chi connectivity index (χ2n) is 8.48. The number of carbonyl (C=O) groups excluding carboxylic acids is 1. The number of nitrogen functional groups attached to an aromatic ring is 1. The Bertz CT molecular complexity index is 1140. The van der Waals surface area contributed by atoms with Crippen molar-refractivity contribution in [1.29, 1.82) is 0 Å². The Morgan fingerprint density at radius 1 is 1.31 bits per heavy atom. The Balaban J connectivity index is 1.36. The molecule has 5 rings (SSSR count). The molecule has 3 aromatic rings. The van der Waals surface area contributed by atoms with Crippen molar-refractivity contribution < 1.29 is 9.53 Å². The standard InChI is InChI=1S/C23H27N7O2/c1-3-25-22(31)29-13-23(14-29)7-9-30-20(23)11-18(28-30)16-10-19(21(24)27-12-16)32-15(2)17-6-4-5-8-26-17/h4-6,8,10-12,15H,3,7,9,13-14H2,1-2H3,(H2,24,27)(H,25,31)/t15-/m0/s1. The lowest BCUT2D eigenvalue weighted by atomic mass is 9.76. The summed E-state index contributed by atoms with van der Waals surface area (Å²) in [5, 5.41) is 7.68. The summed E-state index contributed by atoms with van der Waals surface area (Å²) in [5.41, 5.74) is 9.75. The van der Waals surface area contributed by atoms with Crippen LogP contribution in [-0.4, -0.2) is 50.3 Å². The first-order chi connectivity index (χ1) is 15.5. The van der Waals surface area contributed by atoms with E-state index in [0.717, 1.165) is 43.0 Å². The van der Waals surface area contributed by atoms with Gasteiger partial charge in [-0.25, -0.2) is 9.78 Å². The maximum atomic E-state index is 12.1. The number of nitrogens with one attached hydrogen (secondary N) is 1. The molecule has 1 saturated heterocycles. The zero-order chi connectivity index (χ0) is 22.3. The van der Waals surface area contributed by atoms with Crippen molar-refractivity contribution in [3.8, 4) is 17.0 Å². The molecule has 3 N–H and O–H groups in total. The van der Waals surface area contributed by atoms with Gasteiger partial charge in [0.2, 0.25) is 0 Å². The van der Waals surface area contributed by atoms with Gasteiger partial charge in [0.25, 0.3) is 0 Å². The molecule has 2 amide bonds. The second kappa shape index (κ2) is 7.81. The molecule has 1 atom stereocenters. The van der Waals surface area contributed by atoms with E-state index in [1.165, 1.54) is 5.69 Å². The van der Waals surface area contributed by atoms with Crippen molar-refractivity contribution in [1.82, 2.24) is 30.0 Å². The van der Waals surface area contributed by atoms with Gasteiger partial charge < -0.3 is 20.7 Å². The highest BCUT2D eigenvalue weighted by atomic mass is 16.5. The molecule has 2 aliphatic heterocycles. The van der Waals surface area contributed by atoms with Crippen LogP contribution in [0.15, 0.2) is 42.7 Å². The minimum atomic E-state index is -0.263. The van der Waals surface area contributed by atoms with Gasteiger partial charge in [0, 0.05) is 55.2 Å². The monoisotopic (exact) mass is 433 g/mol. The summed E-state index contributed by atoms with van der Waals surface area (Å²) in [4.78, 5) is 22.7. The number of ether oxygens (including phenoxy) is 1. The van der Waals surface area contributed by atoms with Crippen LogP contribution in [0.1, 0.15) is 37.8 Å². The lowest BCUT2D eigenvalue weighted by Crippen LogP contribution is -2.62. The number of fused-ring (bicyclic) bond motifs is 2. The highest BCUT2D eigenvalue weighted by Gasteiger charge is 2.51. The number of aromatic nitrogens is 4. The van der Waals surface area contributed by atoms with Gasteiger partial charge in [-0.1, -0.05) is 6.07 Å². The maximum absolute atomic E-state index is 12.1. The van der Waals surface area contributed by atoms with Crippen LogP contribution in [0.2, 0.25) is 0 Å². The van der Waals surface area contributed by atoms with Crippen LogP contribution in [0, 0.1) is 0 Å². The van der Waals surface area contributed by atoms with Crippen LogP contribution in [0.4, 0.5) is 10.6 Å². The molecule has 0 aromatic carbocycles. The summed E-state index contributed by atoms with van der Waals surface area (Å²) in [7, 11) is 0. The Hall–Kier alpha value is -3.62. The predicted molar refractivity (Wildman–Crippen MR) is 120 cm³/mol. The summed E-state index contributed by atoms with van der Waals surface area (Å²) in [6, 6.07) is 9.71. The number of amides is 2. The van der Waals surface area contributed by atoms with Crippen LogP contribution in [-0.2, 0) is 12.0 Å². The SMILES string of the molecule is CCNC(=O)N1CC2(CCn3nc(-c4cnc(N)c(O[C@@H](C)c5ccccn5)c4)cc32)C1. The van der Waals surface area contributed by atoms with Crippen molar-refractivity contribution in [2.75, 3.05) is 25.4 Å². The van der Waals surface area contributed by atoms with E-state index >= 15 is 0 Å². The molecule has 32 heavy (non-hydrogen) atoms. The summed E-state index contributed by atoms with van der Waals surface area (Å²) in [5.74, 6) is 0.839. The number of urea groups is 1. The van der Waals surface area contributed by atoms with E-state index in [9.17, 15) is 4.79 Å². The van der Waals surface area contributed by atoms with Gasteiger partial charge in [-0.05, 0) is 44.5 Å². The van der Waals surface area contributed by atoms with Gasteiger partial charge >= 0.3 is 6.03 Å². The molecule has 0 bridgehead atoms. The van der Waals surface area contributed by atoms with Crippen LogP contribution in [0.25, 0.3) is 11.3 Å².